The van der Waals surface area contributed by atoms with E-state index in [4.69, 9.17) is 4.74 Å². The summed E-state index contributed by atoms with van der Waals surface area (Å²) < 4.78 is 5.32. The Kier molecular flexibility index (Phi) is 3.51. The van der Waals surface area contributed by atoms with Crippen LogP contribution in [-0.2, 0) is 4.74 Å². The van der Waals surface area contributed by atoms with E-state index in [0.717, 1.165) is 49.1 Å². The zero-order chi connectivity index (χ0) is 13.1. The quantitative estimate of drug-likeness (QED) is 0.887. The van der Waals surface area contributed by atoms with Crippen molar-refractivity contribution in [3.05, 3.63) is 36.0 Å². The van der Waals surface area contributed by atoms with Crippen LogP contribution >= 0.6 is 0 Å². The second-order valence-electron chi connectivity index (χ2n) is 5.01. The van der Waals surface area contributed by atoms with Gasteiger partial charge in [0.05, 0.1) is 5.56 Å². The molecule has 1 amide bonds. The van der Waals surface area contributed by atoms with Crippen LogP contribution in [0.5, 0.6) is 0 Å². The number of amides is 1. The van der Waals surface area contributed by atoms with Gasteiger partial charge in [0, 0.05) is 36.9 Å². The molecule has 100 valence electrons. The fraction of sp³-hybridized carbons (Fsp3) is 0.400. The van der Waals surface area contributed by atoms with Crippen molar-refractivity contribution in [3.63, 3.8) is 0 Å². The highest BCUT2D eigenvalue weighted by Gasteiger charge is 2.16. The van der Waals surface area contributed by atoms with Crippen molar-refractivity contribution in [2.24, 2.45) is 5.92 Å². The van der Waals surface area contributed by atoms with Crippen LogP contribution in [0, 0.1) is 5.92 Å². The second kappa shape index (κ2) is 5.45. The van der Waals surface area contributed by atoms with Gasteiger partial charge in [-0.2, -0.15) is 0 Å². The van der Waals surface area contributed by atoms with Gasteiger partial charge in [0.2, 0.25) is 0 Å². The third kappa shape index (κ3) is 2.63. The lowest BCUT2D eigenvalue weighted by Crippen LogP contribution is -2.32. The van der Waals surface area contributed by atoms with Crippen LogP contribution in [0.2, 0.25) is 0 Å². The predicted molar refractivity (Wildman–Crippen MR) is 74.2 cm³/mol. The minimum Gasteiger partial charge on any atom is -0.381 e. The maximum absolute atomic E-state index is 12.2. The van der Waals surface area contributed by atoms with E-state index in [9.17, 15) is 4.79 Å². The number of para-hydroxylation sites is 1. The van der Waals surface area contributed by atoms with Gasteiger partial charge in [0.15, 0.2) is 0 Å². The van der Waals surface area contributed by atoms with Crippen LogP contribution in [0.25, 0.3) is 10.9 Å². The Morgan fingerprint density at radius 2 is 2.11 bits per heavy atom. The lowest BCUT2D eigenvalue weighted by molar-refractivity contribution is 0.0643. The van der Waals surface area contributed by atoms with E-state index in [2.05, 4.69) is 10.3 Å². The van der Waals surface area contributed by atoms with Crippen molar-refractivity contribution in [1.82, 2.24) is 10.3 Å². The Bertz CT molecular complexity index is 570. The molecule has 19 heavy (non-hydrogen) atoms. The van der Waals surface area contributed by atoms with E-state index >= 15 is 0 Å². The number of aromatic nitrogens is 1. The summed E-state index contributed by atoms with van der Waals surface area (Å²) >= 11 is 0. The Labute approximate surface area is 112 Å². The fourth-order valence-corrected chi connectivity index (χ4v) is 2.54. The first-order valence-electron chi connectivity index (χ1n) is 6.76. The highest BCUT2D eigenvalue weighted by atomic mass is 16.5. The average molecular weight is 258 g/mol. The molecule has 0 aliphatic carbocycles. The number of carbonyl (C=O) groups excluding carboxylic acids is 1. The van der Waals surface area contributed by atoms with Crippen LogP contribution in [0.3, 0.4) is 0 Å². The van der Waals surface area contributed by atoms with Crippen molar-refractivity contribution < 1.29 is 9.53 Å². The Morgan fingerprint density at radius 3 is 2.95 bits per heavy atom. The van der Waals surface area contributed by atoms with E-state index in [1.807, 2.05) is 24.3 Å². The average Bonchev–Trinajstić information content (AvgIpc) is 2.90. The van der Waals surface area contributed by atoms with Crippen molar-refractivity contribution in [1.29, 1.82) is 0 Å². The molecule has 1 fully saturated rings. The van der Waals surface area contributed by atoms with Gasteiger partial charge in [-0.15, -0.1) is 0 Å². The zero-order valence-electron chi connectivity index (χ0n) is 10.8. The fourth-order valence-electron chi connectivity index (χ4n) is 2.54. The Morgan fingerprint density at radius 1 is 1.32 bits per heavy atom. The van der Waals surface area contributed by atoms with Gasteiger partial charge < -0.3 is 15.0 Å². The standard InChI is InChI=1S/C15H18N2O2/c18-15(17-9-11-5-7-19-8-6-11)13-10-16-14-4-2-1-3-12(13)14/h1-4,10-11,16H,5-9H2,(H,17,18). The van der Waals surface area contributed by atoms with Crippen molar-refractivity contribution in [2.75, 3.05) is 19.8 Å². The Hall–Kier alpha value is -1.81. The van der Waals surface area contributed by atoms with Crippen molar-refractivity contribution in [2.45, 2.75) is 12.8 Å². The molecule has 0 saturated carbocycles. The highest BCUT2D eigenvalue weighted by Crippen LogP contribution is 2.18. The summed E-state index contributed by atoms with van der Waals surface area (Å²) in [6.07, 6.45) is 3.85. The molecule has 0 radical (unpaired) electrons. The predicted octanol–water partition coefficient (Wildman–Crippen LogP) is 2.32. The van der Waals surface area contributed by atoms with Crippen LogP contribution in [-0.4, -0.2) is 30.6 Å². The molecule has 0 atom stereocenters. The molecule has 4 heteroatoms. The lowest BCUT2D eigenvalue weighted by Gasteiger charge is -2.22. The molecule has 4 nitrogen and oxygen atoms in total. The summed E-state index contributed by atoms with van der Waals surface area (Å²) in [5.74, 6) is 0.548. The number of ether oxygens (including phenoxy) is 1. The largest absolute Gasteiger partial charge is 0.381 e. The topological polar surface area (TPSA) is 54.1 Å². The van der Waals surface area contributed by atoms with Gasteiger partial charge in [0.25, 0.3) is 5.91 Å². The number of benzene rings is 1. The van der Waals surface area contributed by atoms with Crippen LogP contribution < -0.4 is 5.32 Å². The van der Waals surface area contributed by atoms with E-state index < -0.39 is 0 Å². The number of fused-ring (bicyclic) bond motifs is 1. The molecule has 0 spiro atoms. The smallest absolute Gasteiger partial charge is 0.253 e. The van der Waals surface area contributed by atoms with Crippen molar-refractivity contribution in [3.8, 4) is 0 Å². The minimum atomic E-state index is 0.00365. The molecule has 1 saturated heterocycles. The van der Waals surface area contributed by atoms with Crippen molar-refractivity contribution >= 4 is 16.8 Å². The van der Waals surface area contributed by atoms with Crippen LogP contribution in [0.15, 0.2) is 30.5 Å². The zero-order valence-corrected chi connectivity index (χ0v) is 10.8. The van der Waals surface area contributed by atoms with Gasteiger partial charge in [-0.25, -0.2) is 0 Å². The molecular weight excluding hydrogens is 240 g/mol. The summed E-state index contributed by atoms with van der Waals surface area (Å²) in [5, 5.41) is 4.01. The third-order valence-corrected chi connectivity index (χ3v) is 3.73. The van der Waals surface area contributed by atoms with Crippen LogP contribution in [0.4, 0.5) is 0 Å². The number of rotatable bonds is 3. The summed E-state index contributed by atoms with van der Waals surface area (Å²) in [4.78, 5) is 15.3. The molecule has 1 aromatic carbocycles. The number of H-pyrrole nitrogens is 1. The van der Waals surface area contributed by atoms with Gasteiger partial charge in [-0.05, 0) is 24.8 Å². The number of aromatic amines is 1. The monoisotopic (exact) mass is 258 g/mol. The first kappa shape index (κ1) is 12.2. The molecule has 1 aromatic heterocycles. The van der Waals surface area contributed by atoms with Gasteiger partial charge in [-0.3, -0.25) is 4.79 Å². The van der Waals surface area contributed by atoms with Gasteiger partial charge in [-0.1, -0.05) is 18.2 Å². The lowest BCUT2D eigenvalue weighted by atomic mass is 10.0. The molecule has 2 N–H and O–H groups in total. The SMILES string of the molecule is O=C(NCC1CCOCC1)c1c[nH]c2ccccc12. The van der Waals surface area contributed by atoms with Gasteiger partial charge in [0.1, 0.15) is 0 Å². The van der Waals surface area contributed by atoms with E-state index in [1.165, 1.54) is 0 Å². The van der Waals surface area contributed by atoms with E-state index in [0.29, 0.717) is 5.92 Å². The molecule has 3 rings (SSSR count). The molecule has 0 unspecified atom stereocenters. The number of hydrogen-bond acceptors (Lipinski definition) is 2. The van der Waals surface area contributed by atoms with Crippen LogP contribution in [0.1, 0.15) is 23.2 Å². The molecular formula is C15H18N2O2. The minimum absolute atomic E-state index is 0.00365. The molecule has 0 bridgehead atoms. The third-order valence-electron chi connectivity index (χ3n) is 3.73. The first-order chi connectivity index (χ1) is 9.34. The molecule has 2 heterocycles. The number of hydrogen-bond donors (Lipinski definition) is 2. The maximum Gasteiger partial charge on any atom is 0.253 e. The maximum atomic E-state index is 12.2. The molecule has 2 aromatic rings. The summed E-state index contributed by atoms with van der Waals surface area (Å²) in [5.41, 5.74) is 1.72. The van der Waals surface area contributed by atoms with E-state index in [1.54, 1.807) is 6.20 Å². The summed E-state index contributed by atoms with van der Waals surface area (Å²) in [6.45, 7) is 2.36. The number of nitrogens with one attached hydrogen (secondary N) is 2. The molecule has 1 aliphatic heterocycles. The molecule has 1 aliphatic rings. The first-order valence-corrected chi connectivity index (χ1v) is 6.76. The van der Waals surface area contributed by atoms with E-state index in [-0.39, 0.29) is 5.91 Å². The summed E-state index contributed by atoms with van der Waals surface area (Å²) in [6, 6.07) is 7.85. The normalized spacial score (nSPS) is 16.6. The van der Waals surface area contributed by atoms with Gasteiger partial charge >= 0.3 is 0 Å². The number of carbonyl (C=O) groups is 1. The highest BCUT2D eigenvalue weighted by molar-refractivity contribution is 6.06. The second-order valence-corrected chi connectivity index (χ2v) is 5.01. The Balaban J connectivity index is 1.66. The summed E-state index contributed by atoms with van der Waals surface area (Å²) in [7, 11) is 0.